The van der Waals surface area contributed by atoms with Crippen molar-refractivity contribution in [3.63, 3.8) is 0 Å². The first-order chi connectivity index (χ1) is 11.8. The van der Waals surface area contributed by atoms with Crippen molar-refractivity contribution in [2.24, 2.45) is 0 Å². The maximum absolute atomic E-state index is 12.8. The number of alkyl halides is 3. The van der Waals surface area contributed by atoms with Crippen molar-refractivity contribution in [1.29, 1.82) is 0 Å². The fourth-order valence-corrected chi connectivity index (χ4v) is 4.08. The van der Waals surface area contributed by atoms with Crippen LogP contribution in [0, 0.1) is 6.92 Å². The summed E-state index contributed by atoms with van der Waals surface area (Å²) in [6.07, 6.45) is -1.23. The number of piperidine rings is 1. The highest BCUT2D eigenvalue weighted by molar-refractivity contribution is 7.17. The lowest BCUT2D eigenvalue weighted by molar-refractivity contribution is -0.137. The van der Waals surface area contributed by atoms with Gasteiger partial charge in [0.1, 0.15) is 9.88 Å². The van der Waals surface area contributed by atoms with Gasteiger partial charge in [-0.1, -0.05) is 12.1 Å². The second-order valence-corrected chi connectivity index (χ2v) is 7.35. The zero-order valence-electron chi connectivity index (χ0n) is 14.1. The summed E-state index contributed by atoms with van der Waals surface area (Å²) in [5.74, 6) is -0.0274. The van der Waals surface area contributed by atoms with E-state index in [0.29, 0.717) is 21.1 Å². The van der Waals surface area contributed by atoms with Crippen molar-refractivity contribution in [3.05, 3.63) is 40.4 Å². The number of amides is 1. The van der Waals surface area contributed by atoms with Crippen LogP contribution in [0.4, 0.5) is 13.2 Å². The van der Waals surface area contributed by atoms with E-state index in [1.54, 1.807) is 6.92 Å². The minimum Gasteiger partial charge on any atom is -0.335 e. The van der Waals surface area contributed by atoms with E-state index in [2.05, 4.69) is 4.98 Å². The predicted octanol–water partition coefficient (Wildman–Crippen LogP) is 5.15. The third kappa shape index (κ3) is 3.71. The normalized spacial score (nSPS) is 18.4. The molecule has 2 heterocycles. The predicted molar refractivity (Wildman–Crippen MR) is 91.6 cm³/mol. The van der Waals surface area contributed by atoms with Crippen LogP contribution in [-0.4, -0.2) is 28.4 Å². The summed E-state index contributed by atoms with van der Waals surface area (Å²) < 4.78 is 38.0. The topological polar surface area (TPSA) is 33.2 Å². The molecule has 2 aromatic rings. The minimum atomic E-state index is -4.36. The lowest BCUT2D eigenvalue weighted by atomic mass is 10.0. The summed E-state index contributed by atoms with van der Waals surface area (Å²) in [5, 5.41) is 0.569. The Bertz CT molecular complexity index is 768. The van der Waals surface area contributed by atoms with E-state index in [4.69, 9.17) is 0 Å². The molecule has 0 bridgehead atoms. The van der Waals surface area contributed by atoms with Crippen LogP contribution in [0.2, 0.25) is 0 Å². The SMILES string of the molecule is Cc1nc(-c2ccc(C(F)(F)F)cc2)sc1C(=O)N1CCCCC1C. The number of hydrogen-bond acceptors (Lipinski definition) is 3. The molecule has 1 unspecified atom stereocenters. The number of halogens is 3. The molecule has 134 valence electrons. The van der Waals surface area contributed by atoms with Gasteiger partial charge < -0.3 is 4.90 Å². The maximum Gasteiger partial charge on any atom is 0.416 e. The maximum atomic E-state index is 12.8. The summed E-state index contributed by atoms with van der Waals surface area (Å²) in [5.41, 5.74) is 0.525. The van der Waals surface area contributed by atoms with Gasteiger partial charge in [0.15, 0.2) is 0 Å². The highest BCUT2D eigenvalue weighted by Crippen LogP contribution is 2.33. The first-order valence-electron chi connectivity index (χ1n) is 8.23. The van der Waals surface area contributed by atoms with Crippen LogP contribution in [0.3, 0.4) is 0 Å². The quantitative estimate of drug-likeness (QED) is 0.734. The molecule has 1 aliphatic rings. The number of aryl methyl sites for hydroxylation is 1. The number of aromatic nitrogens is 1. The fourth-order valence-electron chi connectivity index (χ4n) is 3.05. The number of nitrogens with zero attached hydrogens (tertiary/aromatic N) is 2. The summed E-state index contributed by atoms with van der Waals surface area (Å²) in [7, 11) is 0. The Morgan fingerprint density at radius 1 is 1.24 bits per heavy atom. The minimum absolute atomic E-state index is 0.0274. The highest BCUT2D eigenvalue weighted by Gasteiger charge is 2.30. The molecule has 3 rings (SSSR count). The molecule has 7 heteroatoms. The van der Waals surface area contributed by atoms with E-state index >= 15 is 0 Å². The van der Waals surface area contributed by atoms with Gasteiger partial charge in [-0.05, 0) is 45.2 Å². The van der Waals surface area contributed by atoms with Crippen LogP contribution in [0.5, 0.6) is 0 Å². The van der Waals surface area contributed by atoms with E-state index in [1.807, 2.05) is 11.8 Å². The Balaban J connectivity index is 1.86. The van der Waals surface area contributed by atoms with Gasteiger partial charge in [-0.2, -0.15) is 13.2 Å². The zero-order valence-corrected chi connectivity index (χ0v) is 14.9. The van der Waals surface area contributed by atoms with Crippen LogP contribution in [-0.2, 0) is 6.18 Å². The van der Waals surface area contributed by atoms with Crippen LogP contribution >= 0.6 is 11.3 Å². The Morgan fingerprint density at radius 3 is 2.52 bits per heavy atom. The molecule has 3 nitrogen and oxygen atoms in total. The van der Waals surface area contributed by atoms with Crippen molar-refractivity contribution in [3.8, 4) is 10.6 Å². The van der Waals surface area contributed by atoms with Gasteiger partial charge in [0.2, 0.25) is 0 Å². The Labute approximate surface area is 148 Å². The van der Waals surface area contributed by atoms with E-state index in [9.17, 15) is 18.0 Å². The van der Waals surface area contributed by atoms with Crippen LogP contribution < -0.4 is 0 Å². The van der Waals surface area contributed by atoms with Gasteiger partial charge in [0.25, 0.3) is 5.91 Å². The van der Waals surface area contributed by atoms with Crippen molar-refractivity contribution in [2.45, 2.75) is 45.3 Å². The van der Waals surface area contributed by atoms with Gasteiger partial charge in [0.05, 0.1) is 11.3 Å². The lowest BCUT2D eigenvalue weighted by Crippen LogP contribution is -2.41. The molecule has 25 heavy (non-hydrogen) atoms. The molecule has 1 saturated heterocycles. The van der Waals surface area contributed by atoms with Gasteiger partial charge in [-0.15, -0.1) is 11.3 Å². The second-order valence-electron chi connectivity index (χ2n) is 6.35. The number of carbonyl (C=O) groups is 1. The molecule has 0 aliphatic carbocycles. The molecule has 1 amide bonds. The second kappa shape index (κ2) is 6.78. The number of likely N-dealkylation sites (tertiary alicyclic amines) is 1. The van der Waals surface area contributed by atoms with Crippen molar-refractivity contribution >= 4 is 17.2 Å². The Morgan fingerprint density at radius 2 is 1.92 bits per heavy atom. The first-order valence-corrected chi connectivity index (χ1v) is 9.05. The first kappa shape index (κ1) is 17.9. The molecular weight excluding hydrogens is 349 g/mol. The highest BCUT2D eigenvalue weighted by atomic mass is 32.1. The van der Waals surface area contributed by atoms with Crippen molar-refractivity contribution in [2.75, 3.05) is 6.54 Å². The van der Waals surface area contributed by atoms with E-state index in [-0.39, 0.29) is 11.9 Å². The monoisotopic (exact) mass is 368 g/mol. The van der Waals surface area contributed by atoms with Crippen LogP contribution in [0.1, 0.15) is 47.1 Å². The third-order valence-corrected chi connectivity index (χ3v) is 5.71. The van der Waals surface area contributed by atoms with E-state index in [1.165, 1.54) is 23.5 Å². The average Bonchev–Trinajstić information content (AvgIpc) is 2.96. The standard InChI is InChI=1S/C18H19F3N2OS/c1-11-5-3-4-10-23(11)17(24)15-12(2)22-16(25-15)13-6-8-14(9-7-13)18(19,20)21/h6-9,11H,3-5,10H2,1-2H3. The van der Waals surface area contributed by atoms with Gasteiger partial charge in [0, 0.05) is 18.2 Å². The largest absolute Gasteiger partial charge is 0.416 e. The van der Waals surface area contributed by atoms with Crippen LogP contribution in [0.25, 0.3) is 10.6 Å². The molecular formula is C18H19F3N2OS. The average molecular weight is 368 g/mol. The summed E-state index contributed by atoms with van der Waals surface area (Å²) in [6, 6.07) is 5.09. The zero-order chi connectivity index (χ0) is 18.2. The molecule has 1 fully saturated rings. The summed E-state index contributed by atoms with van der Waals surface area (Å²) in [6.45, 7) is 4.56. The van der Waals surface area contributed by atoms with Crippen molar-refractivity contribution in [1.82, 2.24) is 9.88 Å². The Kier molecular flexibility index (Phi) is 4.86. The van der Waals surface area contributed by atoms with Crippen LogP contribution in [0.15, 0.2) is 24.3 Å². The molecule has 0 radical (unpaired) electrons. The lowest BCUT2D eigenvalue weighted by Gasteiger charge is -2.33. The van der Waals surface area contributed by atoms with Gasteiger partial charge >= 0.3 is 6.18 Å². The summed E-state index contributed by atoms with van der Waals surface area (Å²) >= 11 is 1.25. The number of rotatable bonds is 2. The molecule has 1 aliphatic heterocycles. The van der Waals surface area contributed by atoms with Gasteiger partial charge in [-0.25, -0.2) is 4.98 Å². The van der Waals surface area contributed by atoms with E-state index in [0.717, 1.165) is 37.9 Å². The molecule has 0 N–H and O–H groups in total. The number of benzene rings is 1. The smallest absolute Gasteiger partial charge is 0.335 e. The van der Waals surface area contributed by atoms with Gasteiger partial charge in [-0.3, -0.25) is 4.79 Å². The Hall–Kier alpha value is -1.89. The molecule has 1 atom stereocenters. The summed E-state index contributed by atoms with van der Waals surface area (Å²) in [4.78, 5) is 19.7. The fraction of sp³-hybridized carbons (Fsp3) is 0.444. The van der Waals surface area contributed by atoms with Crippen molar-refractivity contribution < 1.29 is 18.0 Å². The number of thiazole rings is 1. The number of carbonyl (C=O) groups excluding carboxylic acids is 1. The van der Waals surface area contributed by atoms with E-state index < -0.39 is 11.7 Å². The molecule has 1 aromatic carbocycles. The number of hydrogen-bond donors (Lipinski definition) is 0. The molecule has 0 saturated carbocycles. The molecule has 1 aromatic heterocycles. The molecule has 0 spiro atoms. The third-order valence-electron chi connectivity index (χ3n) is 4.51.